The Labute approximate surface area is 174 Å². The number of nitrogens with one attached hydrogen (secondary N) is 1. The van der Waals surface area contributed by atoms with Gasteiger partial charge in [0.1, 0.15) is 11.5 Å². The van der Waals surface area contributed by atoms with Crippen molar-refractivity contribution in [2.24, 2.45) is 5.10 Å². The van der Waals surface area contributed by atoms with Gasteiger partial charge in [0.15, 0.2) is 0 Å². The normalized spacial score (nSPS) is 10.7. The standard InChI is InChI=1S/C23H21ClN2O3/c24-21-9-4-5-10-22(21)29-16-6-15-28-20-13-11-18(12-14-20)17-25-26-23(27)19-7-2-1-3-8-19/h1-5,7-14,17H,6,15-16H2,(H,26,27)/b25-17+. The molecule has 3 aromatic rings. The molecule has 0 aromatic heterocycles. The first-order valence-corrected chi connectivity index (χ1v) is 9.59. The van der Waals surface area contributed by atoms with Crippen molar-refractivity contribution in [3.63, 3.8) is 0 Å². The Morgan fingerprint density at radius 3 is 2.34 bits per heavy atom. The van der Waals surface area contributed by atoms with Crippen molar-refractivity contribution in [3.8, 4) is 11.5 Å². The number of hydrogen-bond acceptors (Lipinski definition) is 4. The van der Waals surface area contributed by atoms with Gasteiger partial charge in [0.2, 0.25) is 0 Å². The minimum absolute atomic E-state index is 0.249. The van der Waals surface area contributed by atoms with Crippen LogP contribution in [0.2, 0.25) is 5.02 Å². The maximum Gasteiger partial charge on any atom is 0.271 e. The molecule has 3 rings (SSSR count). The molecule has 0 unspecified atom stereocenters. The fourth-order valence-electron chi connectivity index (χ4n) is 2.46. The zero-order valence-electron chi connectivity index (χ0n) is 15.8. The SMILES string of the molecule is O=C(N/N=C/c1ccc(OCCCOc2ccccc2Cl)cc1)c1ccccc1. The summed E-state index contributed by atoms with van der Waals surface area (Å²) in [6.07, 6.45) is 2.32. The van der Waals surface area contributed by atoms with Gasteiger partial charge in [0.25, 0.3) is 5.91 Å². The second-order valence-corrected chi connectivity index (χ2v) is 6.52. The van der Waals surface area contributed by atoms with Crippen LogP contribution in [0, 0.1) is 0 Å². The molecule has 0 aliphatic carbocycles. The summed E-state index contributed by atoms with van der Waals surface area (Å²) < 4.78 is 11.3. The lowest BCUT2D eigenvalue weighted by Crippen LogP contribution is -2.17. The molecule has 3 aromatic carbocycles. The van der Waals surface area contributed by atoms with Crippen LogP contribution in [0.3, 0.4) is 0 Å². The highest BCUT2D eigenvalue weighted by atomic mass is 35.5. The smallest absolute Gasteiger partial charge is 0.271 e. The topological polar surface area (TPSA) is 59.9 Å². The van der Waals surface area contributed by atoms with Crippen LogP contribution >= 0.6 is 11.6 Å². The Kier molecular flexibility index (Phi) is 7.66. The highest BCUT2D eigenvalue weighted by Gasteiger charge is 2.02. The molecule has 0 atom stereocenters. The van der Waals surface area contributed by atoms with Gasteiger partial charge in [-0.2, -0.15) is 5.10 Å². The van der Waals surface area contributed by atoms with Crippen LogP contribution in [0.4, 0.5) is 0 Å². The molecular formula is C23H21ClN2O3. The molecule has 29 heavy (non-hydrogen) atoms. The summed E-state index contributed by atoms with van der Waals surface area (Å²) in [4.78, 5) is 11.9. The summed E-state index contributed by atoms with van der Waals surface area (Å²) in [6.45, 7) is 1.06. The summed E-state index contributed by atoms with van der Waals surface area (Å²) in [5, 5.41) is 4.58. The fraction of sp³-hybridized carbons (Fsp3) is 0.130. The van der Waals surface area contributed by atoms with Gasteiger partial charge in [-0.25, -0.2) is 5.43 Å². The molecule has 148 valence electrons. The average Bonchev–Trinajstić information content (AvgIpc) is 2.76. The summed E-state index contributed by atoms with van der Waals surface area (Å²) >= 11 is 6.04. The van der Waals surface area contributed by atoms with E-state index >= 15 is 0 Å². The highest BCUT2D eigenvalue weighted by Crippen LogP contribution is 2.23. The van der Waals surface area contributed by atoms with E-state index in [0.717, 1.165) is 17.7 Å². The maximum atomic E-state index is 11.9. The molecule has 0 aliphatic rings. The number of rotatable bonds is 9. The van der Waals surface area contributed by atoms with Crippen molar-refractivity contribution in [3.05, 3.63) is 95.0 Å². The molecule has 0 saturated carbocycles. The van der Waals surface area contributed by atoms with Crippen molar-refractivity contribution in [2.75, 3.05) is 13.2 Å². The second kappa shape index (κ2) is 10.9. The molecule has 0 spiro atoms. The van der Waals surface area contributed by atoms with E-state index in [1.807, 2.05) is 48.5 Å². The third-order valence-corrected chi connectivity index (χ3v) is 4.26. The van der Waals surface area contributed by atoms with Crippen LogP contribution in [0.5, 0.6) is 11.5 Å². The number of para-hydroxylation sites is 1. The molecule has 0 bridgehead atoms. The van der Waals surface area contributed by atoms with E-state index in [-0.39, 0.29) is 5.91 Å². The first-order chi connectivity index (χ1) is 14.2. The van der Waals surface area contributed by atoms with Crippen LogP contribution in [0.15, 0.2) is 84.0 Å². The van der Waals surface area contributed by atoms with E-state index in [1.165, 1.54) is 0 Å². The van der Waals surface area contributed by atoms with Crippen molar-refractivity contribution in [1.29, 1.82) is 0 Å². The van der Waals surface area contributed by atoms with E-state index < -0.39 is 0 Å². The number of hydrazone groups is 1. The van der Waals surface area contributed by atoms with E-state index in [9.17, 15) is 4.79 Å². The molecule has 0 heterocycles. The van der Waals surface area contributed by atoms with Crippen LogP contribution in [-0.4, -0.2) is 25.3 Å². The Bertz CT molecular complexity index is 944. The zero-order valence-corrected chi connectivity index (χ0v) is 16.5. The number of hydrogen-bond donors (Lipinski definition) is 1. The lowest BCUT2D eigenvalue weighted by molar-refractivity contribution is 0.0955. The molecule has 6 heteroatoms. The largest absolute Gasteiger partial charge is 0.493 e. The quantitative estimate of drug-likeness (QED) is 0.309. The van der Waals surface area contributed by atoms with Crippen LogP contribution in [-0.2, 0) is 0 Å². The Hall–Kier alpha value is -3.31. The molecule has 0 fully saturated rings. The lowest BCUT2D eigenvalue weighted by Gasteiger charge is -2.09. The van der Waals surface area contributed by atoms with Crippen LogP contribution in [0.25, 0.3) is 0 Å². The Morgan fingerprint density at radius 1 is 0.897 bits per heavy atom. The van der Waals surface area contributed by atoms with Crippen molar-refractivity contribution in [1.82, 2.24) is 5.43 Å². The minimum Gasteiger partial charge on any atom is -0.493 e. The number of carbonyl (C=O) groups is 1. The first kappa shape index (κ1) is 20.4. The molecule has 0 aliphatic heterocycles. The van der Waals surface area contributed by atoms with Crippen molar-refractivity contribution >= 4 is 23.7 Å². The summed E-state index contributed by atoms with van der Waals surface area (Å²) in [5.41, 5.74) is 3.92. The number of nitrogens with zero attached hydrogens (tertiary/aromatic N) is 1. The molecule has 5 nitrogen and oxygen atoms in total. The van der Waals surface area contributed by atoms with E-state index in [1.54, 1.807) is 36.5 Å². The van der Waals surface area contributed by atoms with Gasteiger partial charge in [-0.1, -0.05) is 41.9 Å². The first-order valence-electron chi connectivity index (χ1n) is 9.21. The minimum atomic E-state index is -0.249. The third kappa shape index (κ3) is 6.66. The van der Waals surface area contributed by atoms with E-state index in [4.69, 9.17) is 21.1 Å². The Morgan fingerprint density at radius 2 is 1.59 bits per heavy atom. The highest BCUT2D eigenvalue weighted by molar-refractivity contribution is 6.32. The molecule has 1 amide bonds. The molecular weight excluding hydrogens is 388 g/mol. The second-order valence-electron chi connectivity index (χ2n) is 6.12. The van der Waals surface area contributed by atoms with Gasteiger partial charge in [0, 0.05) is 12.0 Å². The monoisotopic (exact) mass is 408 g/mol. The van der Waals surface area contributed by atoms with Crippen LogP contribution < -0.4 is 14.9 Å². The zero-order chi connectivity index (χ0) is 20.3. The molecule has 0 saturated heterocycles. The van der Waals surface area contributed by atoms with Gasteiger partial charge in [0.05, 0.1) is 24.5 Å². The van der Waals surface area contributed by atoms with Gasteiger partial charge >= 0.3 is 0 Å². The summed E-state index contributed by atoms with van der Waals surface area (Å²) in [6, 6.07) is 23.8. The summed E-state index contributed by atoms with van der Waals surface area (Å²) in [7, 11) is 0. The number of amides is 1. The van der Waals surface area contributed by atoms with Gasteiger partial charge in [-0.05, 0) is 54.1 Å². The lowest BCUT2D eigenvalue weighted by atomic mass is 10.2. The van der Waals surface area contributed by atoms with Gasteiger partial charge < -0.3 is 9.47 Å². The fourth-order valence-corrected chi connectivity index (χ4v) is 2.65. The van der Waals surface area contributed by atoms with E-state index in [2.05, 4.69) is 10.5 Å². The maximum absolute atomic E-state index is 11.9. The summed E-state index contributed by atoms with van der Waals surface area (Å²) in [5.74, 6) is 1.19. The molecule has 1 N–H and O–H groups in total. The number of ether oxygens (including phenoxy) is 2. The van der Waals surface area contributed by atoms with Gasteiger partial charge in [-0.3, -0.25) is 4.79 Å². The predicted molar refractivity (Wildman–Crippen MR) is 115 cm³/mol. The number of benzene rings is 3. The number of halogens is 1. The average molecular weight is 409 g/mol. The Balaban J connectivity index is 1.37. The third-order valence-electron chi connectivity index (χ3n) is 3.95. The van der Waals surface area contributed by atoms with E-state index in [0.29, 0.717) is 29.5 Å². The number of carbonyl (C=O) groups excluding carboxylic acids is 1. The van der Waals surface area contributed by atoms with Crippen molar-refractivity contribution < 1.29 is 14.3 Å². The van der Waals surface area contributed by atoms with Crippen molar-refractivity contribution in [2.45, 2.75) is 6.42 Å². The van der Waals surface area contributed by atoms with Crippen LogP contribution in [0.1, 0.15) is 22.3 Å². The van der Waals surface area contributed by atoms with Gasteiger partial charge in [-0.15, -0.1) is 0 Å². The molecule has 0 radical (unpaired) electrons. The predicted octanol–water partition coefficient (Wildman–Crippen LogP) is 4.95.